The number of methoxy groups -OCH3 is 1. The number of aromatic nitrogens is 1. The third-order valence-electron chi connectivity index (χ3n) is 5.15. The van der Waals surface area contributed by atoms with E-state index in [0.29, 0.717) is 16.6 Å². The molecule has 28 heavy (non-hydrogen) atoms. The predicted octanol–water partition coefficient (Wildman–Crippen LogP) is 5.91. The maximum Gasteiger partial charge on any atom is 0.338 e. The molecule has 0 amide bonds. The lowest BCUT2D eigenvalue weighted by Gasteiger charge is -2.29. The van der Waals surface area contributed by atoms with Crippen LogP contribution in [0.25, 0.3) is 16.6 Å². The van der Waals surface area contributed by atoms with Crippen molar-refractivity contribution in [2.45, 2.75) is 52.4 Å². The normalized spacial score (nSPS) is 12.4. The molecule has 0 fully saturated rings. The minimum absolute atomic E-state index is 0.0798. The Labute approximate surface area is 166 Å². The molecule has 0 aliphatic heterocycles. The number of hydrogen-bond donors (Lipinski definition) is 1. The summed E-state index contributed by atoms with van der Waals surface area (Å²) in [6.07, 6.45) is 3.76. The topological polar surface area (TPSA) is 50.9 Å². The fraction of sp³-hybridized carbons (Fsp3) is 0.375. The van der Waals surface area contributed by atoms with Gasteiger partial charge in [-0.15, -0.1) is 0 Å². The molecule has 0 saturated heterocycles. The maximum absolute atomic E-state index is 12.2. The van der Waals surface area contributed by atoms with Gasteiger partial charge in [0.25, 0.3) is 0 Å². The Morgan fingerprint density at radius 1 is 1.00 bits per heavy atom. The highest BCUT2D eigenvalue weighted by molar-refractivity contribution is 6.04. The lowest BCUT2D eigenvalue weighted by Crippen LogP contribution is -2.18. The molecule has 3 rings (SSSR count). The molecule has 1 aromatic carbocycles. The molecule has 0 aliphatic carbocycles. The Bertz CT molecular complexity index is 1050. The number of carboxylic acid groups (broad SMARTS) is 1. The summed E-state index contributed by atoms with van der Waals surface area (Å²) >= 11 is 0. The minimum atomic E-state index is -0.941. The van der Waals surface area contributed by atoms with Gasteiger partial charge in [-0.05, 0) is 34.6 Å². The highest BCUT2D eigenvalue weighted by atomic mass is 16.5. The third kappa shape index (κ3) is 3.39. The zero-order valence-corrected chi connectivity index (χ0v) is 17.8. The first-order valence-electron chi connectivity index (χ1n) is 9.51. The number of fused-ring (bicyclic) bond motifs is 1. The van der Waals surface area contributed by atoms with Crippen LogP contribution in [0.15, 0.2) is 42.7 Å². The van der Waals surface area contributed by atoms with Gasteiger partial charge in [-0.25, -0.2) is 4.79 Å². The molecule has 4 heteroatoms. The van der Waals surface area contributed by atoms with Gasteiger partial charge in [-0.2, -0.15) is 0 Å². The van der Waals surface area contributed by atoms with Gasteiger partial charge in [0.15, 0.2) is 0 Å². The van der Waals surface area contributed by atoms with Crippen molar-refractivity contribution in [1.82, 2.24) is 4.40 Å². The van der Waals surface area contributed by atoms with Crippen LogP contribution < -0.4 is 4.74 Å². The Morgan fingerprint density at radius 3 is 2.21 bits per heavy atom. The van der Waals surface area contributed by atoms with E-state index in [9.17, 15) is 9.90 Å². The number of pyridine rings is 1. The summed E-state index contributed by atoms with van der Waals surface area (Å²) in [6.45, 7) is 12.9. The van der Waals surface area contributed by atoms with Crippen LogP contribution in [0, 0.1) is 0 Å². The first kappa shape index (κ1) is 20.0. The average Bonchev–Trinajstić information content (AvgIpc) is 2.98. The second kappa shape index (κ2) is 6.69. The molecule has 0 spiro atoms. The number of rotatable bonds is 3. The van der Waals surface area contributed by atoms with Crippen molar-refractivity contribution in [2.75, 3.05) is 7.11 Å². The Kier molecular flexibility index (Phi) is 4.78. The van der Waals surface area contributed by atoms with Crippen molar-refractivity contribution in [2.24, 2.45) is 0 Å². The Morgan fingerprint density at radius 2 is 1.68 bits per heavy atom. The fourth-order valence-corrected chi connectivity index (χ4v) is 3.59. The second-order valence-electron chi connectivity index (χ2n) is 9.32. The number of nitrogens with zero attached hydrogens (tertiary/aromatic N) is 1. The number of aromatic carboxylic acids is 1. The molecule has 0 bridgehead atoms. The lowest BCUT2D eigenvalue weighted by atomic mass is 9.78. The largest absolute Gasteiger partial charge is 0.496 e. The lowest BCUT2D eigenvalue weighted by molar-refractivity contribution is 0.0700. The van der Waals surface area contributed by atoms with E-state index in [0.717, 1.165) is 22.4 Å². The van der Waals surface area contributed by atoms with Crippen molar-refractivity contribution in [3.8, 4) is 16.9 Å². The molecule has 0 atom stereocenters. The van der Waals surface area contributed by atoms with Gasteiger partial charge in [0.2, 0.25) is 0 Å². The fourth-order valence-electron chi connectivity index (χ4n) is 3.59. The van der Waals surface area contributed by atoms with Crippen molar-refractivity contribution >= 4 is 11.5 Å². The van der Waals surface area contributed by atoms with E-state index in [4.69, 9.17) is 4.74 Å². The zero-order valence-electron chi connectivity index (χ0n) is 17.8. The molecule has 2 heterocycles. The maximum atomic E-state index is 12.2. The van der Waals surface area contributed by atoms with E-state index in [1.54, 1.807) is 7.11 Å². The number of benzene rings is 1. The SMILES string of the molecule is COc1c(-c2cn3ccccc3c2C(=O)O)cc(C(C)(C)C)cc1C(C)(C)C. The van der Waals surface area contributed by atoms with Crippen LogP contribution in [0.1, 0.15) is 63.0 Å². The molecule has 0 saturated carbocycles. The standard InChI is InChI=1S/C24H29NO3/c1-23(2,3)15-12-16(21(28-7)18(13-15)24(4,5)6)17-14-25-11-9-8-10-19(25)20(17)22(26)27/h8-14H,1-7H3,(H,26,27). The molecule has 0 unspecified atom stereocenters. The molecule has 148 valence electrons. The number of carbonyl (C=O) groups is 1. The highest BCUT2D eigenvalue weighted by Gasteiger charge is 2.29. The molecule has 2 aromatic heterocycles. The van der Waals surface area contributed by atoms with E-state index in [2.05, 4.69) is 53.7 Å². The summed E-state index contributed by atoms with van der Waals surface area (Å²) in [5.41, 5.74) is 4.46. The predicted molar refractivity (Wildman–Crippen MR) is 114 cm³/mol. The molecule has 0 radical (unpaired) electrons. The van der Waals surface area contributed by atoms with E-state index >= 15 is 0 Å². The van der Waals surface area contributed by atoms with Crippen LogP contribution >= 0.6 is 0 Å². The van der Waals surface area contributed by atoms with Crippen LogP contribution in [0.3, 0.4) is 0 Å². The summed E-state index contributed by atoms with van der Waals surface area (Å²) in [4.78, 5) is 12.2. The summed E-state index contributed by atoms with van der Waals surface area (Å²) in [7, 11) is 1.65. The molecular formula is C24H29NO3. The number of carboxylic acids is 1. The Balaban J connectivity index is 2.47. The first-order valence-corrected chi connectivity index (χ1v) is 9.51. The molecule has 0 aliphatic rings. The van der Waals surface area contributed by atoms with Gasteiger partial charge in [-0.3, -0.25) is 0 Å². The van der Waals surface area contributed by atoms with Gasteiger partial charge in [0.1, 0.15) is 5.75 Å². The molecular weight excluding hydrogens is 350 g/mol. The van der Waals surface area contributed by atoms with Crippen LogP contribution in [-0.4, -0.2) is 22.6 Å². The number of hydrogen-bond acceptors (Lipinski definition) is 2. The van der Waals surface area contributed by atoms with Crippen molar-refractivity contribution < 1.29 is 14.6 Å². The average molecular weight is 380 g/mol. The van der Waals surface area contributed by atoms with Crippen LogP contribution in [-0.2, 0) is 10.8 Å². The summed E-state index contributed by atoms with van der Waals surface area (Å²) in [5, 5.41) is 9.98. The van der Waals surface area contributed by atoms with Crippen LogP contribution in [0.4, 0.5) is 0 Å². The van der Waals surface area contributed by atoms with Crippen LogP contribution in [0.5, 0.6) is 5.75 Å². The van der Waals surface area contributed by atoms with Gasteiger partial charge in [0, 0.05) is 29.1 Å². The summed E-state index contributed by atoms with van der Waals surface area (Å²) < 4.78 is 7.71. The summed E-state index contributed by atoms with van der Waals surface area (Å²) in [6, 6.07) is 9.85. The van der Waals surface area contributed by atoms with Gasteiger partial charge in [0.05, 0.1) is 18.2 Å². The quantitative estimate of drug-likeness (QED) is 0.615. The monoisotopic (exact) mass is 379 g/mol. The minimum Gasteiger partial charge on any atom is -0.496 e. The van der Waals surface area contributed by atoms with E-state index < -0.39 is 5.97 Å². The van der Waals surface area contributed by atoms with Gasteiger partial charge >= 0.3 is 5.97 Å². The van der Waals surface area contributed by atoms with Crippen molar-refractivity contribution in [3.05, 3.63) is 59.4 Å². The first-order chi connectivity index (χ1) is 12.9. The van der Waals surface area contributed by atoms with Crippen molar-refractivity contribution in [1.29, 1.82) is 0 Å². The van der Waals surface area contributed by atoms with E-state index in [1.807, 2.05) is 35.0 Å². The molecule has 3 aromatic rings. The van der Waals surface area contributed by atoms with Crippen molar-refractivity contribution in [3.63, 3.8) is 0 Å². The Hall–Kier alpha value is -2.75. The molecule has 4 nitrogen and oxygen atoms in total. The zero-order chi connectivity index (χ0) is 20.9. The third-order valence-corrected chi connectivity index (χ3v) is 5.15. The number of ether oxygens (including phenoxy) is 1. The summed E-state index contributed by atoms with van der Waals surface area (Å²) in [5.74, 6) is -0.205. The van der Waals surface area contributed by atoms with E-state index in [1.165, 1.54) is 0 Å². The second-order valence-corrected chi connectivity index (χ2v) is 9.32. The molecule has 1 N–H and O–H groups in total. The van der Waals surface area contributed by atoms with Gasteiger partial charge < -0.3 is 14.2 Å². The van der Waals surface area contributed by atoms with Gasteiger partial charge in [-0.1, -0.05) is 53.7 Å². The van der Waals surface area contributed by atoms with Crippen LogP contribution in [0.2, 0.25) is 0 Å². The van der Waals surface area contributed by atoms with E-state index in [-0.39, 0.29) is 10.8 Å². The highest BCUT2D eigenvalue weighted by Crippen LogP contribution is 2.44. The smallest absolute Gasteiger partial charge is 0.338 e.